The molecule has 162 valence electrons. The number of aromatic nitrogens is 2. The van der Waals surface area contributed by atoms with Gasteiger partial charge < -0.3 is 19.8 Å². The lowest BCUT2D eigenvalue weighted by Gasteiger charge is -2.08. The number of benzene rings is 3. The van der Waals surface area contributed by atoms with Crippen molar-refractivity contribution in [2.75, 3.05) is 20.3 Å². The molecule has 0 atom stereocenters. The van der Waals surface area contributed by atoms with Gasteiger partial charge in [0, 0.05) is 13.7 Å². The molecule has 4 aromatic rings. The highest BCUT2D eigenvalue weighted by Gasteiger charge is 2.16. The first-order valence-corrected chi connectivity index (χ1v) is 10.4. The van der Waals surface area contributed by atoms with Crippen LogP contribution in [0.2, 0.25) is 0 Å². The van der Waals surface area contributed by atoms with Crippen LogP contribution in [0.3, 0.4) is 0 Å². The number of fused-ring (bicyclic) bond motifs is 1. The van der Waals surface area contributed by atoms with Gasteiger partial charge in [-0.25, -0.2) is 4.98 Å². The predicted molar refractivity (Wildman–Crippen MR) is 126 cm³/mol. The first kappa shape index (κ1) is 21.3. The lowest BCUT2D eigenvalue weighted by Crippen LogP contribution is -2.28. The Bertz CT molecular complexity index is 1160. The Labute approximate surface area is 186 Å². The third kappa shape index (κ3) is 5.42. The maximum absolute atomic E-state index is 12.9. The van der Waals surface area contributed by atoms with Crippen molar-refractivity contribution in [2.24, 2.45) is 0 Å². The molecular formula is C26H25N3O3. The summed E-state index contributed by atoms with van der Waals surface area (Å²) in [6.07, 6.45) is 1.82. The summed E-state index contributed by atoms with van der Waals surface area (Å²) in [5.41, 5.74) is 4.12. The molecule has 0 bridgehead atoms. The van der Waals surface area contributed by atoms with E-state index in [1.807, 2.05) is 84.9 Å². The maximum Gasteiger partial charge on any atom is 0.255 e. The molecule has 0 aliphatic heterocycles. The van der Waals surface area contributed by atoms with E-state index in [0.29, 0.717) is 31.2 Å². The second-order valence-corrected chi connectivity index (χ2v) is 7.25. The number of amides is 1. The molecule has 3 aromatic carbocycles. The minimum Gasteiger partial charge on any atom is -0.489 e. The number of nitrogens with zero attached hydrogens (tertiary/aromatic N) is 1. The van der Waals surface area contributed by atoms with Crippen LogP contribution < -0.4 is 10.1 Å². The molecule has 0 radical (unpaired) electrons. The lowest BCUT2D eigenvalue weighted by atomic mass is 10.1. The monoisotopic (exact) mass is 427 g/mol. The van der Waals surface area contributed by atoms with Crippen molar-refractivity contribution < 1.29 is 14.3 Å². The van der Waals surface area contributed by atoms with Gasteiger partial charge in [0.15, 0.2) is 0 Å². The number of methoxy groups -OCH3 is 1. The molecule has 0 saturated heterocycles. The van der Waals surface area contributed by atoms with Gasteiger partial charge in [-0.3, -0.25) is 4.79 Å². The number of imidazole rings is 1. The van der Waals surface area contributed by atoms with Crippen molar-refractivity contribution in [3.8, 4) is 5.75 Å². The molecule has 1 aromatic heterocycles. The first-order chi connectivity index (χ1) is 15.7. The van der Waals surface area contributed by atoms with Gasteiger partial charge in [0.05, 0.1) is 23.2 Å². The Morgan fingerprint density at radius 1 is 1.00 bits per heavy atom. The number of carbonyl (C=O) groups is 1. The molecule has 0 aliphatic rings. The Balaban J connectivity index is 1.55. The summed E-state index contributed by atoms with van der Waals surface area (Å²) in [6, 6.07) is 25.4. The SMILES string of the molecule is COCCNC(=O)/C(=C/c1ccc(OCc2ccccc2)cc1)c1nc2ccccc2[nH]1. The molecule has 6 nitrogen and oxygen atoms in total. The van der Waals surface area contributed by atoms with Crippen LogP contribution in [0.4, 0.5) is 0 Å². The standard InChI is InChI=1S/C26H25N3O3/c1-31-16-15-27-26(30)22(25-28-23-9-5-6-10-24(23)29-25)17-19-11-13-21(14-12-19)32-18-20-7-3-2-4-8-20/h2-14,17H,15-16,18H2,1H3,(H,27,30)(H,28,29)/b22-17+. The summed E-state index contributed by atoms with van der Waals surface area (Å²) in [7, 11) is 1.60. The molecule has 0 spiro atoms. The van der Waals surface area contributed by atoms with Gasteiger partial charge in [-0.15, -0.1) is 0 Å². The summed E-state index contributed by atoms with van der Waals surface area (Å²) < 4.78 is 10.9. The van der Waals surface area contributed by atoms with E-state index in [9.17, 15) is 4.79 Å². The largest absolute Gasteiger partial charge is 0.489 e. The molecule has 0 fully saturated rings. The first-order valence-electron chi connectivity index (χ1n) is 10.4. The van der Waals surface area contributed by atoms with E-state index in [2.05, 4.69) is 15.3 Å². The van der Waals surface area contributed by atoms with E-state index in [1.165, 1.54) is 0 Å². The zero-order chi connectivity index (χ0) is 22.2. The van der Waals surface area contributed by atoms with E-state index in [0.717, 1.165) is 27.9 Å². The normalized spacial score (nSPS) is 11.5. The molecule has 0 unspecified atom stereocenters. The Morgan fingerprint density at radius 3 is 2.50 bits per heavy atom. The van der Waals surface area contributed by atoms with Crippen LogP contribution >= 0.6 is 0 Å². The van der Waals surface area contributed by atoms with Crippen LogP contribution in [0.1, 0.15) is 17.0 Å². The number of rotatable bonds is 9. The van der Waals surface area contributed by atoms with Crippen LogP contribution in [0.5, 0.6) is 5.75 Å². The van der Waals surface area contributed by atoms with Crippen molar-refractivity contribution in [3.63, 3.8) is 0 Å². The van der Waals surface area contributed by atoms with Gasteiger partial charge in [0.1, 0.15) is 18.2 Å². The summed E-state index contributed by atoms with van der Waals surface area (Å²) in [6.45, 7) is 1.36. The topological polar surface area (TPSA) is 76.2 Å². The van der Waals surface area contributed by atoms with E-state index in [1.54, 1.807) is 7.11 Å². The van der Waals surface area contributed by atoms with Crippen LogP contribution in [-0.4, -0.2) is 36.1 Å². The van der Waals surface area contributed by atoms with Crippen LogP contribution in [0.25, 0.3) is 22.7 Å². The van der Waals surface area contributed by atoms with Gasteiger partial charge >= 0.3 is 0 Å². The summed E-state index contributed by atoms with van der Waals surface area (Å²) in [5.74, 6) is 1.07. The van der Waals surface area contributed by atoms with Crippen molar-refractivity contribution in [1.82, 2.24) is 15.3 Å². The Kier molecular flexibility index (Phi) is 6.94. The molecule has 4 rings (SSSR count). The molecule has 1 amide bonds. The van der Waals surface area contributed by atoms with Gasteiger partial charge in [-0.2, -0.15) is 0 Å². The summed E-state index contributed by atoms with van der Waals surface area (Å²) in [5, 5.41) is 2.88. The molecule has 1 heterocycles. The number of nitrogens with one attached hydrogen (secondary N) is 2. The summed E-state index contributed by atoms with van der Waals surface area (Å²) in [4.78, 5) is 20.7. The summed E-state index contributed by atoms with van der Waals surface area (Å²) >= 11 is 0. The number of carbonyl (C=O) groups excluding carboxylic acids is 1. The Morgan fingerprint density at radius 2 is 1.75 bits per heavy atom. The van der Waals surface area contributed by atoms with Crippen LogP contribution in [0.15, 0.2) is 78.9 Å². The molecule has 32 heavy (non-hydrogen) atoms. The van der Waals surface area contributed by atoms with Crippen molar-refractivity contribution in [3.05, 3.63) is 95.8 Å². The zero-order valence-corrected chi connectivity index (χ0v) is 17.9. The minimum atomic E-state index is -0.217. The molecule has 0 aliphatic carbocycles. The van der Waals surface area contributed by atoms with Gasteiger partial charge in [0.25, 0.3) is 5.91 Å². The lowest BCUT2D eigenvalue weighted by molar-refractivity contribution is -0.115. The average molecular weight is 428 g/mol. The second kappa shape index (κ2) is 10.4. The van der Waals surface area contributed by atoms with Crippen LogP contribution in [-0.2, 0) is 16.1 Å². The number of hydrogen-bond donors (Lipinski definition) is 2. The highest BCUT2D eigenvalue weighted by atomic mass is 16.5. The Hall–Kier alpha value is -3.90. The third-order valence-electron chi connectivity index (χ3n) is 4.92. The maximum atomic E-state index is 12.9. The predicted octanol–water partition coefficient (Wildman–Crippen LogP) is 4.45. The highest BCUT2D eigenvalue weighted by Crippen LogP contribution is 2.22. The van der Waals surface area contributed by atoms with Crippen molar-refractivity contribution in [2.45, 2.75) is 6.61 Å². The van der Waals surface area contributed by atoms with E-state index < -0.39 is 0 Å². The fraction of sp³-hybridized carbons (Fsp3) is 0.154. The van der Waals surface area contributed by atoms with E-state index >= 15 is 0 Å². The van der Waals surface area contributed by atoms with Gasteiger partial charge in [0.2, 0.25) is 0 Å². The third-order valence-corrected chi connectivity index (χ3v) is 4.92. The number of para-hydroxylation sites is 2. The molecular weight excluding hydrogens is 402 g/mol. The number of aromatic amines is 1. The van der Waals surface area contributed by atoms with Gasteiger partial charge in [-0.05, 0) is 41.5 Å². The number of H-pyrrole nitrogens is 1. The fourth-order valence-corrected chi connectivity index (χ4v) is 3.25. The number of ether oxygens (including phenoxy) is 2. The van der Waals surface area contributed by atoms with Crippen molar-refractivity contribution in [1.29, 1.82) is 0 Å². The molecule has 0 saturated carbocycles. The van der Waals surface area contributed by atoms with E-state index in [-0.39, 0.29) is 5.91 Å². The minimum absolute atomic E-state index is 0.217. The van der Waals surface area contributed by atoms with E-state index in [4.69, 9.17) is 9.47 Å². The van der Waals surface area contributed by atoms with Crippen molar-refractivity contribution >= 4 is 28.6 Å². The fourth-order valence-electron chi connectivity index (χ4n) is 3.25. The zero-order valence-electron chi connectivity index (χ0n) is 17.9. The highest BCUT2D eigenvalue weighted by molar-refractivity contribution is 6.23. The van der Waals surface area contributed by atoms with Crippen LogP contribution in [0, 0.1) is 0 Å². The molecule has 6 heteroatoms. The average Bonchev–Trinajstić information content (AvgIpc) is 3.26. The quantitative estimate of drug-likeness (QED) is 0.306. The smallest absolute Gasteiger partial charge is 0.255 e. The van der Waals surface area contributed by atoms with Gasteiger partial charge in [-0.1, -0.05) is 54.6 Å². The number of hydrogen-bond acceptors (Lipinski definition) is 4. The molecule has 2 N–H and O–H groups in total. The second-order valence-electron chi connectivity index (χ2n) is 7.25.